The molecule has 0 fully saturated rings. The Balaban J connectivity index is 2.42. The number of hydrogen-bond donors (Lipinski definition) is 1. The summed E-state index contributed by atoms with van der Waals surface area (Å²) in [5.74, 6) is -1.02. The van der Waals surface area contributed by atoms with E-state index in [1.807, 2.05) is 0 Å². The second-order valence-electron chi connectivity index (χ2n) is 3.41. The summed E-state index contributed by atoms with van der Waals surface area (Å²) in [7, 11) is 0. The first-order valence-corrected chi connectivity index (χ1v) is 4.75. The van der Waals surface area contributed by atoms with Crippen LogP contribution in [0, 0.1) is 5.82 Å². The number of phenols is 1. The van der Waals surface area contributed by atoms with Gasteiger partial charge in [-0.25, -0.2) is 4.39 Å². The fraction of sp³-hybridized carbons (Fsp3) is 0. The van der Waals surface area contributed by atoms with E-state index in [9.17, 15) is 14.3 Å². The number of hydrogen-bond acceptors (Lipinski definition) is 2. The predicted molar refractivity (Wildman–Crippen MR) is 58.9 cm³/mol. The first-order chi connectivity index (χ1) is 7.70. The second kappa shape index (κ2) is 4.14. The van der Waals surface area contributed by atoms with Gasteiger partial charge >= 0.3 is 0 Å². The van der Waals surface area contributed by atoms with E-state index in [1.165, 1.54) is 12.1 Å². The highest BCUT2D eigenvalue weighted by molar-refractivity contribution is 5.77. The molecule has 0 atom stereocenters. The molecule has 0 aliphatic carbocycles. The predicted octanol–water partition coefficient (Wildman–Crippen LogP) is 3.01. The van der Waals surface area contributed by atoms with Gasteiger partial charge in [-0.2, -0.15) is 0 Å². The first-order valence-electron chi connectivity index (χ1n) is 4.75. The van der Waals surface area contributed by atoms with Crippen molar-refractivity contribution in [3.05, 3.63) is 53.8 Å². The molecule has 2 rings (SSSR count). The monoisotopic (exact) mass is 216 g/mol. The number of halogens is 1. The number of aromatic hydroxyl groups is 1. The van der Waals surface area contributed by atoms with E-state index in [0.717, 1.165) is 11.8 Å². The third-order valence-electron chi connectivity index (χ3n) is 2.33. The summed E-state index contributed by atoms with van der Waals surface area (Å²) in [4.78, 5) is 10.5. The maximum atomic E-state index is 12.8. The molecule has 0 saturated heterocycles. The van der Waals surface area contributed by atoms with Crippen LogP contribution in [-0.4, -0.2) is 11.4 Å². The van der Waals surface area contributed by atoms with Crippen LogP contribution in [0.25, 0.3) is 11.1 Å². The average Bonchev–Trinajstić information content (AvgIpc) is 2.33. The van der Waals surface area contributed by atoms with E-state index in [-0.39, 0.29) is 5.75 Å². The van der Waals surface area contributed by atoms with Crippen molar-refractivity contribution < 1.29 is 14.3 Å². The normalized spacial score (nSPS) is 10.1. The molecule has 80 valence electrons. The SMILES string of the molecule is O=Cc1ccc(-c2ccc(F)c(O)c2)cc1. The van der Waals surface area contributed by atoms with Crippen molar-refractivity contribution in [3.63, 3.8) is 0 Å². The van der Waals surface area contributed by atoms with Gasteiger partial charge in [0, 0.05) is 5.56 Å². The summed E-state index contributed by atoms with van der Waals surface area (Å²) in [6.45, 7) is 0. The third-order valence-corrected chi connectivity index (χ3v) is 2.33. The van der Waals surface area contributed by atoms with E-state index in [2.05, 4.69) is 0 Å². The van der Waals surface area contributed by atoms with Crippen molar-refractivity contribution >= 4 is 6.29 Å². The van der Waals surface area contributed by atoms with Gasteiger partial charge in [0.1, 0.15) is 6.29 Å². The van der Waals surface area contributed by atoms with E-state index < -0.39 is 5.82 Å². The third kappa shape index (κ3) is 1.93. The molecule has 0 heterocycles. The summed E-state index contributed by atoms with van der Waals surface area (Å²) in [6, 6.07) is 11.0. The fourth-order valence-electron chi connectivity index (χ4n) is 1.45. The zero-order valence-electron chi connectivity index (χ0n) is 8.35. The lowest BCUT2D eigenvalue weighted by Gasteiger charge is -2.03. The number of carbonyl (C=O) groups excluding carboxylic acids is 1. The van der Waals surface area contributed by atoms with E-state index in [4.69, 9.17) is 0 Å². The van der Waals surface area contributed by atoms with E-state index >= 15 is 0 Å². The van der Waals surface area contributed by atoms with Gasteiger partial charge in [-0.1, -0.05) is 30.3 Å². The quantitative estimate of drug-likeness (QED) is 0.783. The molecule has 2 aromatic carbocycles. The van der Waals surface area contributed by atoms with Gasteiger partial charge in [0.25, 0.3) is 0 Å². The topological polar surface area (TPSA) is 37.3 Å². The lowest BCUT2D eigenvalue weighted by molar-refractivity contribution is 0.112. The molecule has 0 amide bonds. The molecule has 3 heteroatoms. The number of rotatable bonds is 2. The van der Waals surface area contributed by atoms with Gasteiger partial charge in [-0.05, 0) is 23.3 Å². The van der Waals surface area contributed by atoms with Gasteiger partial charge in [0.2, 0.25) is 0 Å². The molecule has 2 aromatic rings. The van der Waals surface area contributed by atoms with Crippen molar-refractivity contribution in [2.24, 2.45) is 0 Å². The Morgan fingerprint density at radius 1 is 1.00 bits per heavy atom. The molecule has 16 heavy (non-hydrogen) atoms. The number of benzene rings is 2. The molecule has 0 unspecified atom stereocenters. The molecular formula is C13H9FO2. The highest BCUT2D eigenvalue weighted by Crippen LogP contribution is 2.25. The van der Waals surface area contributed by atoms with Crippen LogP contribution in [0.5, 0.6) is 5.75 Å². The van der Waals surface area contributed by atoms with Crippen LogP contribution in [0.4, 0.5) is 4.39 Å². The summed E-state index contributed by atoms with van der Waals surface area (Å²) in [6.07, 6.45) is 0.756. The van der Waals surface area contributed by atoms with Crippen molar-refractivity contribution in [1.29, 1.82) is 0 Å². The minimum atomic E-state index is -0.645. The highest BCUT2D eigenvalue weighted by Gasteiger charge is 2.03. The maximum Gasteiger partial charge on any atom is 0.164 e. The Morgan fingerprint density at radius 2 is 1.62 bits per heavy atom. The zero-order chi connectivity index (χ0) is 11.5. The zero-order valence-corrected chi connectivity index (χ0v) is 8.35. The van der Waals surface area contributed by atoms with E-state index in [0.29, 0.717) is 11.1 Å². The highest BCUT2D eigenvalue weighted by atomic mass is 19.1. The fourth-order valence-corrected chi connectivity index (χ4v) is 1.45. The van der Waals surface area contributed by atoms with Crippen LogP contribution in [-0.2, 0) is 0 Å². The van der Waals surface area contributed by atoms with Crippen LogP contribution in [0.3, 0.4) is 0 Å². The maximum absolute atomic E-state index is 12.8. The summed E-state index contributed by atoms with van der Waals surface area (Å²) in [5.41, 5.74) is 2.10. The van der Waals surface area contributed by atoms with Crippen LogP contribution in [0.1, 0.15) is 10.4 Å². The van der Waals surface area contributed by atoms with Crippen LogP contribution >= 0.6 is 0 Å². The molecule has 0 bridgehead atoms. The Bertz CT molecular complexity index is 518. The summed E-state index contributed by atoms with van der Waals surface area (Å²) < 4.78 is 12.8. The Morgan fingerprint density at radius 3 is 2.19 bits per heavy atom. The first kappa shape index (κ1) is 10.4. The molecular weight excluding hydrogens is 207 g/mol. The molecule has 2 nitrogen and oxygen atoms in total. The Hall–Kier alpha value is -2.16. The standard InChI is InChI=1S/C13H9FO2/c14-12-6-5-11(7-13(12)16)10-3-1-9(8-15)2-4-10/h1-8,16H. The second-order valence-corrected chi connectivity index (χ2v) is 3.41. The van der Waals surface area contributed by atoms with Gasteiger partial charge < -0.3 is 5.11 Å². The molecule has 1 N–H and O–H groups in total. The average molecular weight is 216 g/mol. The van der Waals surface area contributed by atoms with Gasteiger partial charge in [-0.3, -0.25) is 4.79 Å². The van der Waals surface area contributed by atoms with Crippen molar-refractivity contribution in [3.8, 4) is 16.9 Å². The van der Waals surface area contributed by atoms with Crippen LogP contribution in [0.15, 0.2) is 42.5 Å². The van der Waals surface area contributed by atoms with Crippen molar-refractivity contribution in [1.82, 2.24) is 0 Å². The smallest absolute Gasteiger partial charge is 0.164 e. The number of carbonyl (C=O) groups is 1. The molecule has 0 spiro atoms. The molecule has 0 radical (unpaired) electrons. The lowest BCUT2D eigenvalue weighted by Crippen LogP contribution is -1.82. The van der Waals surface area contributed by atoms with Crippen LogP contribution in [0.2, 0.25) is 0 Å². The van der Waals surface area contributed by atoms with Crippen molar-refractivity contribution in [2.75, 3.05) is 0 Å². The Labute approximate surface area is 92.0 Å². The minimum Gasteiger partial charge on any atom is -0.505 e. The largest absolute Gasteiger partial charge is 0.505 e. The van der Waals surface area contributed by atoms with E-state index in [1.54, 1.807) is 30.3 Å². The minimum absolute atomic E-state index is 0.378. The molecule has 0 saturated carbocycles. The molecule has 0 aliphatic rings. The number of aldehydes is 1. The van der Waals surface area contributed by atoms with Gasteiger partial charge in [0.05, 0.1) is 0 Å². The summed E-state index contributed by atoms with van der Waals surface area (Å²) in [5, 5.41) is 9.23. The summed E-state index contributed by atoms with van der Waals surface area (Å²) >= 11 is 0. The van der Waals surface area contributed by atoms with Crippen molar-refractivity contribution in [2.45, 2.75) is 0 Å². The Kier molecular flexibility index (Phi) is 2.68. The van der Waals surface area contributed by atoms with Gasteiger partial charge in [0.15, 0.2) is 11.6 Å². The number of phenolic OH excluding ortho intramolecular Hbond substituents is 1. The molecule has 0 aromatic heterocycles. The molecule has 0 aliphatic heterocycles. The van der Waals surface area contributed by atoms with Gasteiger partial charge in [-0.15, -0.1) is 0 Å². The van der Waals surface area contributed by atoms with Crippen LogP contribution < -0.4 is 0 Å². The lowest BCUT2D eigenvalue weighted by atomic mass is 10.0.